The van der Waals surface area contributed by atoms with Crippen LogP contribution in [0.2, 0.25) is 13.1 Å². The van der Waals surface area contributed by atoms with E-state index in [4.69, 9.17) is 18.6 Å². The van der Waals surface area contributed by atoms with Crippen molar-refractivity contribution in [1.29, 1.82) is 0 Å². The third-order valence-electron chi connectivity index (χ3n) is 6.98. The zero-order valence-corrected chi connectivity index (χ0v) is 24.3. The van der Waals surface area contributed by atoms with Gasteiger partial charge in [-0.15, -0.1) is 0 Å². The van der Waals surface area contributed by atoms with Crippen LogP contribution < -0.4 is 0 Å². The van der Waals surface area contributed by atoms with Crippen molar-refractivity contribution < 1.29 is 42.6 Å². The van der Waals surface area contributed by atoms with Crippen LogP contribution in [0.5, 0.6) is 0 Å². The summed E-state index contributed by atoms with van der Waals surface area (Å²) in [6, 6.07) is -1.97. The molecule has 3 amide bonds. The maximum Gasteiger partial charge on any atom is 0.410 e. The standard InChI is InChI=1S/C26H40N2O9Si/c1-9-12-35-23(32)22(31)28-17(20(21(28)30)26(6,25(3,4)5)37-38(7)8)15-19(29)18-16-34-14-11-27(18)24(33)36-13-10-2/h9-10,17-18,20,38H,1-2,11-16H2,3-8H3/t17-,18+,20-,26-/m1/s1. The Morgan fingerprint density at radius 1 is 1.08 bits per heavy atom. The van der Waals surface area contributed by atoms with E-state index >= 15 is 0 Å². The summed E-state index contributed by atoms with van der Waals surface area (Å²) in [5, 5.41) is 0. The fraction of sp³-hybridized carbons (Fsp3) is 0.654. The van der Waals surface area contributed by atoms with Crippen LogP contribution in [-0.4, -0.2) is 99.2 Å². The summed E-state index contributed by atoms with van der Waals surface area (Å²) in [5.41, 5.74) is -1.60. The highest BCUT2D eigenvalue weighted by Crippen LogP contribution is 2.48. The lowest BCUT2D eigenvalue weighted by atomic mass is 9.62. The number of amides is 3. The van der Waals surface area contributed by atoms with Crippen molar-refractivity contribution >= 4 is 38.7 Å². The third kappa shape index (κ3) is 6.59. The molecule has 38 heavy (non-hydrogen) atoms. The first kappa shape index (κ1) is 31.4. The molecule has 2 heterocycles. The third-order valence-corrected chi connectivity index (χ3v) is 7.94. The van der Waals surface area contributed by atoms with Gasteiger partial charge in [0, 0.05) is 13.0 Å². The Hall–Kier alpha value is -2.83. The molecule has 11 nitrogen and oxygen atoms in total. The van der Waals surface area contributed by atoms with Gasteiger partial charge in [-0.2, -0.15) is 0 Å². The van der Waals surface area contributed by atoms with E-state index in [0.29, 0.717) is 0 Å². The van der Waals surface area contributed by atoms with Crippen LogP contribution >= 0.6 is 0 Å². The highest BCUT2D eigenvalue weighted by atomic mass is 28.3. The van der Waals surface area contributed by atoms with E-state index in [1.165, 1.54) is 17.1 Å². The van der Waals surface area contributed by atoms with Gasteiger partial charge in [0.2, 0.25) is 5.91 Å². The van der Waals surface area contributed by atoms with Gasteiger partial charge in [0.15, 0.2) is 14.8 Å². The van der Waals surface area contributed by atoms with E-state index in [-0.39, 0.29) is 39.4 Å². The molecule has 2 aliphatic heterocycles. The molecular weight excluding hydrogens is 512 g/mol. The zero-order chi connectivity index (χ0) is 28.8. The van der Waals surface area contributed by atoms with Crippen molar-refractivity contribution in [2.75, 3.05) is 33.0 Å². The van der Waals surface area contributed by atoms with Gasteiger partial charge < -0.3 is 18.6 Å². The monoisotopic (exact) mass is 552 g/mol. The minimum absolute atomic E-state index is 0.0221. The molecule has 2 aliphatic rings. The van der Waals surface area contributed by atoms with Crippen molar-refractivity contribution in [2.45, 2.75) is 64.9 Å². The number of Topliss-reactive ketones (excluding diaryl/α,β-unsaturated/α-hetero) is 1. The van der Waals surface area contributed by atoms with Crippen LogP contribution in [0.1, 0.15) is 34.1 Å². The number of esters is 1. The molecule has 0 spiro atoms. The lowest BCUT2D eigenvalue weighted by molar-refractivity contribution is -0.194. The van der Waals surface area contributed by atoms with Crippen molar-refractivity contribution in [3.05, 3.63) is 25.3 Å². The summed E-state index contributed by atoms with van der Waals surface area (Å²) in [6.45, 7) is 18.5. The molecule has 0 aromatic heterocycles. The number of rotatable bonds is 10. The number of nitrogens with zero attached hydrogens (tertiary/aromatic N) is 2. The van der Waals surface area contributed by atoms with Crippen molar-refractivity contribution in [2.24, 2.45) is 11.3 Å². The lowest BCUT2D eigenvalue weighted by Crippen LogP contribution is -2.74. The van der Waals surface area contributed by atoms with Crippen LogP contribution in [0, 0.1) is 11.3 Å². The SMILES string of the molecule is C=CCOC(=O)C(=O)N1C(=O)[C@H]([C@@](C)(O[SiH](C)C)C(C)(C)C)[C@H]1CC(=O)[C@@H]1COCCN1C(=O)OCC=C. The number of ketones is 1. The Balaban J connectivity index is 2.43. The topological polar surface area (TPSA) is 129 Å². The second kappa shape index (κ2) is 12.8. The maximum absolute atomic E-state index is 13.6. The highest BCUT2D eigenvalue weighted by molar-refractivity contribution is 6.48. The molecule has 0 bridgehead atoms. The molecule has 212 valence electrons. The van der Waals surface area contributed by atoms with Gasteiger partial charge in [0.1, 0.15) is 19.3 Å². The first-order valence-electron chi connectivity index (χ1n) is 12.7. The number of carbonyl (C=O) groups excluding carboxylic acids is 5. The van der Waals surface area contributed by atoms with E-state index < -0.39 is 67.7 Å². The second-order valence-electron chi connectivity index (χ2n) is 10.8. The van der Waals surface area contributed by atoms with Gasteiger partial charge in [-0.05, 0) is 25.4 Å². The van der Waals surface area contributed by atoms with Gasteiger partial charge in [0.05, 0.1) is 30.8 Å². The predicted octanol–water partition coefficient (Wildman–Crippen LogP) is 1.86. The molecule has 4 atom stereocenters. The van der Waals surface area contributed by atoms with Gasteiger partial charge in [-0.1, -0.05) is 46.1 Å². The molecule has 0 radical (unpaired) electrons. The number of likely N-dealkylation sites (tertiary alicyclic amines) is 1. The summed E-state index contributed by atoms with van der Waals surface area (Å²) < 4.78 is 21.9. The lowest BCUT2D eigenvalue weighted by Gasteiger charge is -2.57. The van der Waals surface area contributed by atoms with Gasteiger partial charge in [-0.3, -0.25) is 24.2 Å². The number of hydrogen-bond donors (Lipinski definition) is 0. The fourth-order valence-electron chi connectivity index (χ4n) is 4.75. The summed E-state index contributed by atoms with van der Waals surface area (Å²) in [4.78, 5) is 67.1. The highest BCUT2D eigenvalue weighted by Gasteiger charge is 2.63. The van der Waals surface area contributed by atoms with E-state index in [0.717, 1.165) is 4.90 Å². The Labute approximate surface area is 225 Å². The van der Waals surface area contributed by atoms with Crippen LogP contribution in [0.3, 0.4) is 0 Å². The maximum atomic E-state index is 13.6. The van der Waals surface area contributed by atoms with E-state index in [9.17, 15) is 24.0 Å². The predicted molar refractivity (Wildman–Crippen MR) is 141 cm³/mol. The molecule has 0 saturated carbocycles. The smallest absolute Gasteiger partial charge is 0.410 e. The summed E-state index contributed by atoms with van der Waals surface area (Å²) >= 11 is 0. The minimum Gasteiger partial charge on any atom is -0.454 e. The number of morpholine rings is 1. The Morgan fingerprint density at radius 2 is 1.68 bits per heavy atom. The molecule has 12 heteroatoms. The first-order valence-corrected chi connectivity index (χ1v) is 15.5. The van der Waals surface area contributed by atoms with Crippen LogP contribution in [-0.2, 0) is 37.8 Å². The van der Waals surface area contributed by atoms with Gasteiger partial charge >= 0.3 is 18.0 Å². The molecule has 0 aromatic rings. The Kier molecular flexibility index (Phi) is 10.6. The van der Waals surface area contributed by atoms with Crippen molar-refractivity contribution in [1.82, 2.24) is 9.80 Å². The number of imide groups is 1. The van der Waals surface area contributed by atoms with E-state index in [1.54, 1.807) is 6.92 Å². The zero-order valence-electron chi connectivity index (χ0n) is 23.2. The molecule has 0 unspecified atom stereocenters. The molecule has 0 N–H and O–H groups in total. The normalized spacial score (nSPS) is 23.2. The van der Waals surface area contributed by atoms with Gasteiger partial charge in [0.25, 0.3) is 0 Å². The molecule has 0 aromatic carbocycles. The van der Waals surface area contributed by atoms with Crippen LogP contribution in [0.15, 0.2) is 25.3 Å². The van der Waals surface area contributed by atoms with Crippen molar-refractivity contribution in [3.8, 4) is 0 Å². The Bertz CT molecular complexity index is 961. The number of ether oxygens (including phenoxy) is 3. The van der Waals surface area contributed by atoms with Crippen LogP contribution in [0.4, 0.5) is 4.79 Å². The van der Waals surface area contributed by atoms with E-state index in [1.807, 2.05) is 33.9 Å². The average Bonchev–Trinajstić information content (AvgIpc) is 2.84. The first-order chi connectivity index (χ1) is 17.7. The fourth-order valence-corrected chi connectivity index (χ4v) is 6.23. The van der Waals surface area contributed by atoms with Crippen LogP contribution in [0.25, 0.3) is 0 Å². The van der Waals surface area contributed by atoms with Gasteiger partial charge in [-0.25, -0.2) is 9.59 Å². The molecule has 2 fully saturated rings. The number of carbonyl (C=O) groups is 5. The molecular formula is C26H40N2O9Si. The summed E-state index contributed by atoms with van der Waals surface area (Å²) in [6.07, 6.45) is 1.72. The summed E-state index contributed by atoms with van der Waals surface area (Å²) in [5.74, 6) is -4.31. The number of hydrogen-bond acceptors (Lipinski definition) is 9. The van der Waals surface area contributed by atoms with E-state index in [2.05, 4.69) is 13.2 Å². The average molecular weight is 553 g/mol. The Morgan fingerprint density at radius 3 is 2.24 bits per heavy atom. The second-order valence-corrected chi connectivity index (χ2v) is 13.1. The molecule has 2 rings (SSSR count). The minimum atomic E-state index is -1.71. The summed E-state index contributed by atoms with van der Waals surface area (Å²) in [7, 11) is -1.71. The number of β-lactam (4-membered cyclic amide) rings is 1. The molecule has 0 aliphatic carbocycles. The largest absolute Gasteiger partial charge is 0.454 e. The quantitative estimate of drug-likeness (QED) is 0.131. The molecule has 2 saturated heterocycles. The van der Waals surface area contributed by atoms with Crippen molar-refractivity contribution in [3.63, 3.8) is 0 Å².